The van der Waals surface area contributed by atoms with Crippen LogP contribution in [0.4, 0.5) is 0 Å². The second-order valence-electron chi connectivity index (χ2n) is 8.27. The Hall–Kier alpha value is -1.83. The second kappa shape index (κ2) is 21.4. The van der Waals surface area contributed by atoms with Crippen LogP contribution in [0.2, 0.25) is 0 Å². The Kier molecular flexibility index (Phi) is 20.1. The highest BCUT2D eigenvalue weighted by Gasteiger charge is 2.15. The molecule has 8 heteroatoms. The van der Waals surface area contributed by atoms with Gasteiger partial charge in [-0.25, -0.2) is 4.79 Å². The molecule has 8 nitrogen and oxygen atoms in total. The lowest BCUT2D eigenvalue weighted by Gasteiger charge is -2.20. The van der Waals surface area contributed by atoms with Gasteiger partial charge in [-0.3, -0.25) is 5.41 Å². The first-order valence-corrected chi connectivity index (χ1v) is 12.4. The number of hydroxylamine groups is 2. The predicted molar refractivity (Wildman–Crippen MR) is 130 cm³/mol. The lowest BCUT2D eigenvalue weighted by Crippen LogP contribution is -2.36. The molecule has 7 N–H and O–H groups in total. The molecule has 0 aliphatic carbocycles. The molecule has 0 aromatic rings. The summed E-state index contributed by atoms with van der Waals surface area (Å²) in [4.78, 5) is 20.9. The van der Waals surface area contributed by atoms with Crippen molar-refractivity contribution in [2.45, 2.75) is 116 Å². The third-order valence-corrected chi connectivity index (χ3v) is 5.23. The summed E-state index contributed by atoms with van der Waals surface area (Å²) < 4.78 is 0. The lowest BCUT2D eigenvalue weighted by atomic mass is 10.0. The first-order valence-electron chi connectivity index (χ1n) is 12.4. The van der Waals surface area contributed by atoms with Crippen molar-refractivity contribution in [3.63, 3.8) is 0 Å². The molecule has 0 amide bonds. The normalized spacial score (nSPS) is 10.6. The second-order valence-corrected chi connectivity index (χ2v) is 8.27. The van der Waals surface area contributed by atoms with Gasteiger partial charge >= 0.3 is 5.97 Å². The summed E-state index contributed by atoms with van der Waals surface area (Å²) in [6, 6.07) is 0. The molecule has 0 aliphatic rings. The fourth-order valence-electron chi connectivity index (χ4n) is 3.42. The van der Waals surface area contributed by atoms with Crippen molar-refractivity contribution in [1.29, 1.82) is 5.41 Å². The van der Waals surface area contributed by atoms with Gasteiger partial charge in [-0.15, -0.1) is 0 Å². The highest BCUT2D eigenvalue weighted by Crippen LogP contribution is 2.14. The van der Waals surface area contributed by atoms with Gasteiger partial charge in [-0.1, -0.05) is 96.8 Å². The quantitative estimate of drug-likeness (QED) is 0.100. The van der Waals surface area contributed by atoms with Crippen molar-refractivity contribution in [3.8, 4) is 0 Å². The molecule has 0 heterocycles. The van der Waals surface area contributed by atoms with Crippen molar-refractivity contribution in [1.82, 2.24) is 5.06 Å². The van der Waals surface area contributed by atoms with E-state index in [1.54, 1.807) is 0 Å². The van der Waals surface area contributed by atoms with Crippen LogP contribution >= 0.6 is 0 Å². The summed E-state index contributed by atoms with van der Waals surface area (Å²) >= 11 is 0. The summed E-state index contributed by atoms with van der Waals surface area (Å²) in [7, 11) is 0. The molecule has 0 radical (unpaired) electrons. The van der Waals surface area contributed by atoms with Gasteiger partial charge in [0.2, 0.25) is 0 Å². The fraction of sp³-hybridized carbons (Fsp3) is 0.870. The maximum atomic E-state index is 12.0. The highest BCUT2D eigenvalue weighted by molar-refractivity contribution is 5.91. The van der Waals surface area contributed by atoms with Crippen molar-refractivity contribution in [2.24, 2.45) is 22.2 Å². The smallest absolute Gasteiger partial charge is 0.332 e. The van der Waals surface area contributed by atoms with E-state index in [-0.39, 0.29) is 24.4 Å². The van der Waals surface area contributed by atoms with E-state index in [1.807, 2.05) is 0 Å². The van der Waals surface area contributed by atoms with Gasteiger partial charge in [-0.05, 0) is 19.4 Å². The maximum Gasteiger partial charge on any atom is 0.332 e. The molecule has 0 aliphatic heterocycles. The van der Waals surface area contributed by atoms with E-state index in [0.717, 1.165) is 24.3 Å². The molecule has 0 fully saturated rings. The summed E-state index contributed by atoms with van der Waals surface area (Å²) in [6.07, 6.45) is 20.1. The van der Waals surface area contributed by atoms with Crippen LogP contribution in [0.1, 0.15) is 116 Å². The van der Waals surface area contributed by atoms with Gasteiger partial charge in [0.1, 0.15) is 0 Å². The molecule has 0 bridgehead atoms. The Morgan fingerprint density at radius 2 is 1.26 bits per heavy atom. The van der Waals surface area contributed by atoms with E-state index in [4.69, 9.17) is 27.4 Å². The topological polar surface area (TPSA) is 144 Å². The van der Waals surface area contributed by atoms with Gasteiger partial charge in [0, 0.05) is 6.42 Å². The van der Waals surface area contributed by atoms with Gasteiger partial charge in [0.25, 0.3) is 5.96 Å². The minimum absolute atomic E-state index is 0.249. The number of carbonyl (C=O) groups is 1. The Bertz CT molecular complexity index is 481. The first-order chi connectivity index (χ1) is 15.0. The zero-order chi connectivity index (χ0) is 23.2. The number of aliphatic imine (C=N–C) groups is 1. The predicted octanol–water partition coefficient (Wildman–Crippen LogP) is 4.57. The van der Waals surface area contributed by atoms with Crippen LogP contribution in [-0.4, -0.2) is 36.0 Å². The van der Waals surface area contributed by atoms with E-state index in [0.29, 0.717) is 19.4 Å². The van der Waals surface area contributed by atoms with Crippen LogP contribution < -0.4 is 17.2 Å². The molecular weight excluding hydrogens is 392 g/mol. The molecular formula is C23H48N6O2. The van der Waals surface area contributed by atoms with Crippen molar-refractivity contribution in [3.05, 3.63) is 0 Å². The number of rotatable bonds is 19. The summed E-state index contributed by atoms with van der Waals surface area (Å²) in [5.41, 5.74) is 16.1. The van der Waals surface area contributed by atoms with Crippen LogP contribution in [0.3, 0.4) is 0 Å². The third-order valence-electron chi connectivity index (χ3n) is 5.23. The molecule has 0 aromatic heterocycles. The van der Waals surface area contributed by atoms with Crippen LogP contribution in [0.5, 0.6) is 0 Å². The van der Waals surface area contributed by atoms with Gasteiger partial charge in [0.05, 0.1) is 6.54 Å². The van der Waals surface area contributed by atoms with E-state index in [1.165, 1.54) is 77.0 Å². The summed E-state index contributed by atoms with van der Waals surface area (Å²) in [5, 5.41) is 8.90. The zero-order valence-corrected chi connectivity index (χ0v) is 19.9. The molecule has 0 aromatic carbocycles. The molecule has 0 saturated carbocycles. The third kappa shape index (κ3) is 19.9. The van der Waals surface area contributed by atoms with Crippen molar-refractivity contribution in [2.75, 3.05) is 13.1 Å². The standard InChI is InChI=1S/C23H48N6O2/c1-2-3-4-5-6-7-8-9-10-11-12-13-14-15-16-18-21(30)31-29(20-17-19-24)23(27)28-22(25)26/h2-20,24H2,1H3,(H5,25,26,27,28). The molecule has 0 spiro atoms. The number of nitrogens with one attached hydrogen (secondary N) is 1. The van der Waals surface area contributed by atoms with Crippen molar-refractivity contribution >= 4 is 17.9 Å². The molecule has 0 unspecified atom stereocenters. The minimum Gasteiger partial charge on any atom is -0.370 e. The van der Waals surface area contributed by atoms with Crippen LogP contribution in [0.15, 0.2) is 4.99 Å². The van der Waals surface area contributed by atoms with Gasteiger partial charge < -0.3 is 22.0 Å². The van der Waals surface area contributed by atoms with E-state index >= 15 is 0 Å². The van der Waals surface area contributed by atoms with Gasteiger partial charge in [-0.2, -0.15) is 10.1 Å². The number of nitrogens with zero attached hydrogens (tertiary/aromatic N) is 2. The van der Waals surface area contributed by atoms with Crippen LogP contribution in [0.25, 0.3) is 0 Å². The Morgan fingerprint density at radius 3 is 1.68 bits per heavy atom. The van der Waals surface area contributed by atoms with Crippen LogP contribution in [-0.2, 0) is 9.63 Å². The first kappa shape index (κ1) is 29.2. The lowest BCUT2D eigenvalue weighted by molar-refractivity contribution is -0.173. The number of nitrogens with two attached hydrogens (primary N) is 3. The molecule has 0 saturated heterocycles. The fourth-order valence-corrected chi connectivity index (χ4v) is 3.42. The number of unbranched alkanes of at least 4 members (excludes halogenated alkanes) is 14. The van der Waals surface area contributed by atoms with Gasteiger partial charge in [0.15, 0.2) is 5.96 Å². The summed E-state index contributed by atoms with van der Waals surface area (Å²) in [6.45, 7) is 2.97. The molecule has 182 valence electrons. The number of guanidine groups is 2. The molecule has 31 heavy (non-hydrogen) atoms. The minimum atomic E-state index is -0.373. The summed E-state index contributed by atoms with van der Waals surface area (Å²) in [5.74, 6) is -0.915. The monoisotopic (exact) mass is 440 g/mol. The molecule has 0 atom stereocenters. The van der Waals surface area contributed by atoms with E-state index in [9.17, 15) is 4.79 Å². The Labute approximate surface area is 189 Å². The van der Waals surface area contributed by atoms with Crippen molar-refractivity contribution < 1.29 is 9.63 Å². The molecule has 0 rings (SSSR count). The Balaban J connectivity index is 3.65. The SMILES string of the molecule is CCCCCCCCCCCCCCCCCC(=O)ON(CCCN)C(=N)N=C(N)N. The largest absolute Gasteiger partial charge is 0.370 e. The Morgan fingerprint density at radius 1 is 0.806 bits per heavy atom. The average molecular weight is 441 g/mol. The zero-order valence-electron chi connectivity index (χ0n) is 19.9. The average Bonchev–Trinajstić information content (AvgIpc) is 2.73. The highest BCUT2D eigenvalue weighted by atomic mass is 16.7. The number of carbonyl (C=O) groups excluding carboxylic acids is 1. The number of hydrogen-bond donors (Lipinski definition) is 4. The number of hydrogen-bond acceptors (Lipinski definition) is 4. The maximum absolute atomic E-state index is 12.0. The van der Waals surface area contributed by atoms with E-state index in [2.05, 4.69) is 11.9 Å². The van der Waals surface area contributed by atoms with E-state index < -0.39 is 0 Å². The van der Waals surface area contributed by atoms with Crippen LogP contribution in [0, 0.1) is 5.41 Å².